The molecule has 70 valence electrons. The molecule has 0 heterocycles. The quantitative estimate of drug-likeness (QED) is 0.635. The van der Waals surface area contributed by atoms with Crippen molar-refractivity contribution in [3.63, 3.8) is 0 Å². The summed E-state index contributed by atoms with van der Waals surface area (Å²) in [5, 5.41) is 3.18. The average molecular weight is 177 g/mol. The first-order chi connectivity index (χ1) is 6.05. The van der Waals surface area contributed by atoms with Crippen LogP contribution in [-0.4, -0.2) is 0 Å². The van der Waals surface area contributed by atoms with E-state index in [1.54, 1.807) is 0 Å². The smallest absolute Gasteiger partial charge is 0.122 e. The monoisotopic (exact) mass is 177 g/mol. The van der Waals surface area contributed by atoms with Gasteiger partial charge in [-0.2, -0.15) is 4.91 Å². The summed E-state index contributed by atoms with van der Waals surface area (Å²) in [4.78, 5) is 10.7. The van der Waals surface area contributed by atoms with Crippen LogP contribution in [0.5, 0.6) is 0 Å². The van der Waals surface area contributed by atoms with E-state index in [4.69, 9.17) is 0 Å². The predicted molar refractivity (Wildman–Crippen MR) is 54.4 cm³/mol. The standard InChI is InChI=1S/C11H15NO/c1-11(2,3)10(12-13)9-7-5-4-6-8-9/h4-8,10H,1-3H3. The van der Waals surface area contributed by atoms with E-state index >= 15 is 0 Å². The molecule has 0 amide bonds. The molecule has 0 aliphatic rings. The van der Waals surface area contributed by atoms with Gasteiger partial charge in [0.1, 0.15) is 6.04 Å². The van der Waals surface area contributed by atoms with Crippen LogP contribution in [0.3, 0.4) is 0 Å². The molecule has 0 N–H and O–H groups in total. The van der Waals surface area contributed by atoms with Crippen molar-refractivity contribution in [2.24, 2.45) is 10.6 Å². The molecule has 1 atom stereocenters. The summed E-state index contributed by atoms with van der Waals surface area (Å²) in [7, 11) is 0. The van der Waals surface area contributed by atoms with Crippen molar-refractivity contribution in [2.45, 2.75) is 26.8 Å². The van der Waals surface area contributed by atoms with Crippen molar-refractivity contribution in [3.05, 3.63) is 40.8 Å². The Morgan fingerprint density at radius 3 is 2.08 bits per heavy atom. The first kappa shape index (κ1) is 9.90. The molecule has 0 aliphatic heterocycles. The number of nitrogens with zero attached hydrogens (tertiary/aromatic N) is 1. The molecule has 0 spiro atoms. The number of benzene rings is 1. The van der Waals surface area contributed by atoms with Crippen molar-refractivity contribution in [1.29, 1.82) is 0 Å². The minimum absolute atomic E-state index is 0.108. The second-order valence-electron chi connectivity index (χ2n) is 4.28. The van der Waals surface area contributed by atoms with Gasteiger partial charge in [0.15, 0.2) is 0 Å². The Balaban J connectivity index is 2.99. The highest BCUT2D eigenvalue weighted by Gasteiger charge is 2.26. The van der Waals surface area contributed by atoms with E-state index < -0.39 is 0 Å². The van der Waals surface area contributed by atoms with Crippen molar-refractivity contribution in [3.8, 4) is 0 Å². The summed E-state index contributed by atoms with van der Waals surface area (Å²) < 4.78 is 0. The molecule has 13 heavy (non-hydrogen) atoms. The summed E-state index contributed by atoms with van der Waals surface area (Å²) in [6.45, 7) is 6.06. The first-order valence-electron chi connectivity index (χ1n) is 4.43. The molecule has 0 saturated carbocycles. The molecule has 2 heteroatoms. The SMILES string of the molecule is CC(C)(C)C(N=O)c1ccccc1. The fraction of sp³-hybridized carbons (Fsp3) is 0.455. The van der Waals surface area contributed by atoms with Crippen LogP contribution in [0, 0.1) is 10.3 Å². The van der Waals surface area contributed by atoms with Gasteiger partial charge in [-0.25, -0.2) is 0 Å². The summed E-state index contributed by atoms with van der Waals surface area (Å²) >= 11 is 0. The van der Waals surface area contributed by atoms with Gasteiger partial charge in [-0.05, 0) is 11.0 Å². The molecular weight excluding hydrogens is 162 g/mol. The molecule has 1 unspecified atom stereocenters. The van der Waals surface area contributed by atoms with E-state index in [1.165, 1.54) is 0 Å². The van der Waals surface area contributed by atoms with Gasteiger partial charge in [0.25, 0.3) is 0 Å². The van der Waals surface area contributed by atoms with Gasteiger partial charge in [0.05, 0.1) is 0 Å². The highest BCUT2D eigenvalue weighted by Crippen LogP contribution is 2.35. The highest BCUT2D eigenvalue weighted by atomic mass is 16.3. The lowest BCUT2D eigenvalue weighted by molar-refractivity contribution is 0.327. The Labute approximate surface area is 79.0 Å². The van der Waals surface area contributed by atoms with Gasteiger partial charge in [0.2, 0.25) is 0 Å². The van der Waals surface area contributed by atoms with E-state index in [-0.39, 0.29) is 11.5 Å². The zero-order valence-corrected chi connectivity index (χ0v) is 8.32. The topological polar surface area (TPSA) is 29.4 Å². The highest BCUT2D eigenvalue weighted by molar-refractivity contribution is 5.20. The summed E-state index contributed by atoms with van der Waals surface area (Å²) in [5.74, 6) is 0. The first-order valence-corrected chi connectivity index (χ1v) is 4.43. The maximum absolute atomic E-state index is 10.7. The number of hydrogen-bond donors (Lipinski definition) is 0. The molecule has 0 fully saturated rings. The fourth-order valence-electron chi connectivity index (χ4n) is 1.35. The van der Waals surface area contributed by atoms with Gasteiger partial charge < -0.3 is 0 Å². The summed E-state index contributed by atoms with van der Waals surface area (Å²) in [6, 6.07) is 9.43. The lowest BCUT2D eigenvalue weighted by atomic mass is 9.83. The third-order valence-electron chi connectivity index (χ3n) is 2.04. The number of nitroso groups, excluding NO2 is 1. The minimum Gasteiger partial charge on any atom is -0.150 e. The van der Waals surface area contributed by atoms with Crippen LogP contribution in [0.4, 0.5) is 0 Å². The van der Waals surface area contributed by atoms with Crippen molar-refractivity contribution < 1.29 is 0 Å². The summed E-state index contributed by atoms with van der Waals surface area (Å²) in [6.07, 6.45) is 0. The molecule has 1 aromatic rings. The van der Waals surface area contributed by atoms with Gasteiger partial charge in [-0.15, -0.1) is 0 Å². The van der Waals surface area contributed by atoms with Gasteiger partial charge >= 0.3 is 0 Å². The Bertz CT molecular complexity index is 274. The zero-order valence-electron chi connectivity index (χ0n) is 8.32. The Hall–Kier alpha value is -1.18. The number of rotatable bonds is 2. The third kappa shape index (κ3) is 2.38. The van der Waals surface area contributed by atoms with E-state index in [1.807, 2.05) is 51.1 Å². The molecular formula is C11H15NO. The molecule has 0 saturated heterocycles. The van der Waals surface area contributed by atoms with Gasteiger partial charge in [-0.1, -0.05) is 56.3 Å². The minimum atomic E-state index is -0.256. The van der Waals surface area contributed by atoms with Crippen LogP contribution in [0.25, 0.3) is 0 Å². The largest absolute Gasteiger partial charge is 0.150 e. The molecule has 0 bridgehead atoms. The van der Waals surface area contributed by atoms with E-state index in [9.17, 15) is 4.91 Å². The summed E-state index contributed by atoms with van der Waals surface area (Å²) in [5.41, 5.74) is 0.883. The maximum Gasteiger partial charge on any atom is 0.122 e. The zero-order chi connectivity index (χ0) is 9.90. The third-order valence-corrected chi connectivity index (χ3v) is 2.04. The predicted octanol–water partition coefficient (Wildman–Crippen LogP) is 3.54. The van der Waals surface area contributed by atoms with Crippen molar-refractivity contribution >= 4 is 0 Å². The Morgan fingerprint density at radius 1 is 1.15 bits per heavy atom. The normalized spacial score (nSPS) is 13.8. The van der Waals surface area contributed by atoms with Crippen LogP contribution < -0.4 is 0 Å². The van der Waals surface area contributed by atoms with Crippen LogP contribution in [-0.2, 0) is 0 Å². The molecule has 0 aromatic heterocycles. The van der Waals surface area contributed by atoms with Crippen LogP contribution in [0.15, 0.2) is 35.5 Å². The van der Waals surface area contributed by atoms with E-state index in [2.05, 4.69) is 5.18 Å². The van der Waals surface area contributed by atoms with Crippen LogP contribution >= 0.6 is 0 Å². The number of hydrogen-bond acceptors (Lipinski definition) is 2. The molecule has 2 nitrogen and oxygen atoms in total. The molecule has 1 aromatic carbocycles. The fourth-order valence-corrected chi connectivity index (χ4v) is 1.35. The Kier molecular flexibility index (Phi) is 2.81. The lowest BCUT2D eigenvalue weighted by Gasteiger charge is -2.24. The van der Waals surface area contributed by atoms with Gasteiger partial charge in [-0.3, -0.25) is 0 Å². The maximum atomic E-state index is 10.7. The van der Waals surface area contributed by atoms with E-state index in [0.717, 1.165) is 5.56 Å². The molecule has 1 rings (SSSR count). The second kappa shape index (κ2) is 3.69. The van der Waals surface area contributed by atoms with Crippen molar-refractivity contribution in [1.82, 2.24) is 0 Å². The lowest BCUT2D eigenvalue weighted by Crippen LogP contribution is -2.15. The molecule has 0 radical (unpaired) electrons. The van der Waals surface area contributed by atoms with Crippen molar-refractivity contribution in [2.75, 3.05) is 0 Å². The molecule has 0 aliphatic carbocycles. The second-order valence-corrected chi connectivity index (χ2v) is 4.28. The Morgan fingerprint density at radius 2 is 1.69 bits per heavy atom. The van der Waals surface area contributed by atoms with E-state index in [0.29, 0.717) is 0 Å². The average Bonchev–Trinajstić information content (AvgIpc) is 2.05. The van der Waals surface area contributed by atoms with Crippen LogP contribution in [0.2, 0.25) is 0 Å². The van der Waals surface area contributed by atoms with Crippen LogP contribution in [0.1, 0.15) is 32.4 Å². The van der Waals surface area contributed by atoms with Gasteiger partial charge in [0, 0.05) is 0 Å².